The van der Waals surface area contributed by atoms with Gasteiger partial charge >= 0.3 is 0 Å². The first-order chi connectivity index (χ1) is 9.70. The molecule has 1 saturated heterocycles. The van der Waals surface area contributed by atoms with E-state index in [-0.39, 0.29) is 11.3 Å². The number of Topliss-reactive ketones (excluding diaryl/α,β-unsaturated/α-hetero) is 1. The molecule has 1 aliphatic heterocycles. The molecule has 0 saturated carbocycles. The first-order valence-corrected chi connectivity index (χ1v) is 7.89. The molecule has 4 heteroatoms. The topological polar surface area (TPSA) is 23.6 Å². The van der Waals surface area contributed by atoms with Gasteiger partial charge in [0.25, 0.3) is 0 Å². The Balaban J connectivity index is 2.24. The van der Waals surface area contributed by atoms with Crippen molar-refractivity contribution in [1.82, 2.24) is 4.90 Å². The summed E-state index contributed by atoms with van der Waals surface area (Å²) in [5, 5.41) is 0.664. The third kappa shape index (κ3) is 3.58. The second-order valence-electron chi connectivity index (χ2n) is 6.82. The van der Waals surface area contributed by atoms with Crippen LogP contribution in [0.1, 0.15) is 43.6 Å². The van der Waals surface area contributed by atoms with Crippen molar-refractivity contribution in [2.45, 2.75) is 40.2 Å². The lowest BCUT2D eigenvalue weighted by Gasteiger charge is -2.43. The second-order valence-corrected chi connectivity index (χ2v) is 7.23. The summed E-state index contributed by atoms with van der Waals surface area (Å²) in [6, 6.07) is 3.86. The normalized spacial score (nSPS) is 17.1. The molecular formula is C17H25ClN2O. The van der Waals surface area contributed by atoms with Crippen LogP contribution in [0, 0.1) is 6.92 Å². The predicted molar refractivity (Wildman–Crippen MR) is 89.7 cm³/mol. The van der Waals surface area contributed by atoms with Gasteiger partial charge in [0, 0.05) is 48.0 Å². The van der Waals surface area contributed by atoms with Crippen molar-refractivity contribution < 1.29 is 4.79 Å². The Morgan fingerprint density at radius 2 is 1.71 bits per heavy atom. The van der Waals surface area contributed by atoms with E-state index >= 15 is 0 Å². The Bertz CT molecular complexity index is 540. The molecule has 1 heterocycles. The SMILES string of the molecule is CC(=O)c1cc(Cl)c(C)cc1N1CCN(C(C)(C)C)CC1. The standard InChI is InChI=1S/C17H25ClN2O/c1-12-10-16(14(13(2)21)11-15(12)18)19-6-8-20(9-7-19)17(3,4)5/h10-11H,6-9H2,1-5H3. The fourth-order valence-corrected chi connectivity index (χ4v) is 2.99. The van der Waals surface area contributed by atoms with Gasteiger partial charge in [-0.2, -0.15) is 0 Å². The highest BCUT2D eigenvalue weighted by Gasteiger charge is 2.27. The Morgan fingerprint density at radius 1 is 1.14 bits per heavy atom. The third-order valence-corrected chi connectivity index (χ3v) is 4.63. The number of anilines is 1. The van der Waals surface area contributed by atoms with E-state index in [1.807, 2.05) is 19.1 Å². The van der Waals surface area contributed by atoms with Crippen LogP contribution in [0.25, 0.3) is 0 Å². The maximum Gasteiger partial charge on any atom is 0.161 e. The van der Waals surface area contributed by atoms with E-state index in [1.54, 1.807) is 6.92 Å². The summed E-state index contributed by atoms with van der Waals surface area (Å²) in [5.74, 6) is 0.0742. The minimum atomic E-state index is 0.0742. The van der Waals surface area contributed by atoms with Gasteiger partial charge < -0.3 is 4.90 Å². The van der Waals surface area contributed by atoms with Crippen LogP contribution in [0.3, 0.4) is 0 Å². The molecular weight excluding hydrogens is 284 g/mol. The Morgan fingerprint density at radius 3 is 2.19 bits per heavy atom. The maximum atomic E-state index is 11.9. The molecule has 0 radical (unpaired) electrons. The molecule has 116 valence electrons. The third-order valence-electron chi connectivity index (χ3n) is 4.23. The highest BCUT2D eigenvalue weighted by Crippen LogP contribution is 2.29. The smallest absolute Gasteiger partial charge is 0.161 e. The van der Waals surface area contributed by atoms with E-state index in [2.05, 4.69) is 30.6 Å². The van der Waals surface area contributed by atoms with Crippen molar-refractivity contribution in [3.8, 4) is 0 Å². The van der Waals surface area contributed by atoms with E-state index < -0.39 is 0 Å². The molecule has 0 spiro atoms. The van der Waals surface area contributed by atoms with Gasteiger partial charge in [-0.1, -0.05) is 11.6 Å². The van der Waals surface area contributed by atoms with Crippen LogP contribution in [0.2, 0.25) is 5.02 Å². The summed E-state index contributed by atoms with van der Waals surface area (Å²) in [5.41, 5.74) is 2.98. The van der Waals surface area contributed by atoms with Crippen LogP contribution in [-0.2, 0) is 0 Å². The van der Waals surface area contributed by atoms with Gasteiger partial charge in [0.15, 0.2) is 5.78 Å². The quantitative estimate of drug-likeness (QED) is 0.777. The maximum absolute atomic E-state index is 11.9. The summed E-state index contributed by atoms with van der Waals surface area (Å²) in [4.78, 5) is 16.7. The fraction of sp³-hybridized carbons (Fsp3) is 0.588. The first kappa shape index (κ1) is 16.3. The largest absolute Gasteiger partial charge is 0.368 e. The zero-order valence-electron chi connectivity index (χ0n) is 13.7. The van der Waals surface area contributed by atoms with Gasteiger partial charge in [0.2, 0.25) is 0 Å². The summed E-state index contributed by atoms with van der Waals surface area (Å²) in [6.07, 6.45) is 0. The number of aryl methyl sites for hydroxylation is 1. The van der Waals surface area contributed by atoms with Crippen LogP contribution in [0.15, 0.2) is 12.1 Å². The summed E-state index contributed by atoms with van der Waals surface area (Å²) in [7, 11) is 0. The zero-order chi connectivity index (χ0) is 15.8. The average molecular weight is 309 g/mol. The number of carbonyl (C=O) groups is 1. The lowest BCUT2D eigenvalue weighted by molar-refractivity contribution is 0.101. The lowest BCUT2D eigenvalue weighted by atomic mass is 10.0. The molecule has 1 aliphatic rings. The number of carbonyl (C=O) groups excluding carboxylic acids is 1. The van der Waals surface area contributed by atoms with E-state index in [4.69, 9.17) is 11.6 Å². The molecule has 1 fully saturated rings. The van der Waals surface area contributed by atoms with E-state index in [0.29, 0.717) is 5.02 Å². The number of ketones is 1. The van der Waals surface area contributed by atoms with Crippen LogP contribution in [0.5, 0.6) is 0 Å². The minimum Gasteiger partial charge on any atom is -0.368 e. The van der Waals surface area contributed by atoms with Crippen molar-refractivity contribution in [1.29, 1.82) is 0 Å². The van der Waals surface area contributed by atoms with Gasteiger partial charge in [0.1, 0.15) is 0 Å². The van der Waals surface area contributed by atoms with E-state index in [9.17, 15) is 4.79 Å². The molecule has 0 bridgehead atoms. The number of nitrogens with zero attached hydrogens (tertiary/aromatic N) is 2. The summed E-state index contributed by atoms with van der Waals surface area (Å²) >= 11 is 6.17. The molecule has 0 N–H and O–H groups in total. The van der Waals surface area contributed by atoms with E-state index in [1.165, 1.54) is 0 Å². The Labute approximate surface area is 132 Å². The molecule has 0 aliphatic carbocycles. The highest BCUT2D eigenvalue weighted by atomic mass is 35.5. The van der Waals surface area contributed by atoms with Gasteiger partial charge in [-0.05, 0) is 52.3 Å². The van der Waals surface area contributed by atoms with Crippen LogP contribution in [-0.4, -0.2) is 42.4 Å². The molecule has 2 rings (SSSR count). The molecule has 21 heavy (non-hydrogen) atoms. The Kier molecular flexibility index (Phi) is 4.64. The zero-order valence-corrected chi connectivity index (χ0v) is 14.4. The van der Waals surface area contributed by atoms with Gasteiger partial charge in [-0.15, -0.1) is 0 Å². The van der Waals surface area contributed by atoms with E-state index in [0.717, 1.165) is 43.0 Å². The van der Waals surface area contributed by atoms with Crippen LogP contribution >= 0.6 is 11.6 Å². The number of rotatable bonds is 2. The monoisotopic (exact) mass is 308 g/mol. The van der Waals surface area contributed by atoms with Crippen molar-refractivity contribution in [3.05, 3.63) is 28.3 Å². The first-order valence-electron chi connectivity index (χ1n) is 7.51. The molecule has 3 nitrogen and oxygen atoms in total. The van der Waals surface area contributed by atoms with Crippen LogP contribution < -0.4 is 4.90 Å². The van der Waals surface area contributed by atoms with Crippen molar-refractivity contribution in [2.75, 3.05) is 31.1 Å². The summed E-state index contributed by atoms with van der Waals surface area (Å²) in [6.45, 7) is 14.3. The fourth-order valence-electron chi connectivity index (χ4n) is 2.83. The van der Waals surface area contributed by atoms with Crippen molar-refractivity contribution in [2.24, 2.45) is 0 Å². The number of hydrogen-bond acceptors (Lipinski definition) is 3. The van der Waals surface area contributed by atoms with Gasteiger partial charge in [0.05, 0.1) is 0 Å². The molecule has 1 aromatic rings. The molecule has 0 atom stereocenters. The molecule has 0 amide bonds. The molecule has 0 aromatic heterocycles. The summed E-state index contributed by atoms with van der Waals surface area (Å²) < 4.78 is 0. The van der Waals surface area contributed by atoms with Crippen molar-refractivity contribution >= 4 is 23.1 Å². The van der Waals surface area contributed by atoms with Gasteiger partial charge in [-0.25, -0.2) is 0 Å². The van der Waals surface area contributed by atoms with Gasteiger partial charge in [-0.3, -0.25) is 9.69 Å². The molecule has 0 unspecified atom stereocenters. The minimum absolute atomic E-state index is 0.0742. The molecule has 1 aromatic carbocycles. The number of hydrogen-bond donors (Lipinski definition) is 0. The number of halogens is 1. The lowest BCUT2D eigenvalue weighted by Crippen LogP contribution is -2.53. The highest BCUT2D eigenvalue weighted by molar-refractivity contribution is 6.32. The Hall–Kier alpha value is -1.06. The van der Waals surface area contributed by atoms with Crippen molar-refractivity contribution in [3.63, 3.8) is 0 Å². The number of piperazine rings is 1. The van der Waals surface area contributed by atoms with Crippen LogP contribution in [0.4, 0.5) is 5.69 Å². The second kappa shape index (κ2) is 5.98. The average Bonchev–Trinajstić information content (AvgIpc) is 2.40. The predicted octanol–water partition coefficient (Wildman–Crippen LogP) is 3.77. The number of benzene rings is 1.